The minimum absolute atomic E-state index is 0.300. The van der Waals surface area contributed by atoms with E-state index in [0.29, 0.717) is 38.8 Å². The number of piperazine rings is 1. The molecule has 0 unspecified atom stereocenters. The molecule has 0 saturated carbocycles. The second-order valence-corrected chi connectivity index (χ2v) is 7.19. The smallest absolute Gasteiger partial charge is 0.222 e. The van der Waals surface area contributed by atoms with Gasteiger partial charge in [0.25, 0.3) is 0 Å². The lowest BCUT2D eigenvalue weighted by molar-refractivity contribution is -0.131. The predicted octanol–water partition coefficient (Wildman–Crippen LogP) is 3.00. The summed E-state index contributed by atoms with van der Waals surface area (Å²) in [5.41, 5.74) is 0. The third-order valence-electron chi connectivity index (χ3n) is 4.79. The number of ether oxygens (including phenoxy) is 3. The van der Waals surface area contributed by atoms with Crippen molar-refractivity contribution in [2.75, 3.05) is 65.8 Å². The number of hydrogen-bond acceptors (Lipinski definition) is 5. The van der Waals surface area contributed by atoms with E-state index in [2.05, 4.69) is 12.2 Å². The minimum atomic E-state index is 0.300. The Labute approximate surface area is 166 Å². The molecule has 0 bridgehead atoms. The van der Waals surface area contributed by atoms with Gasteiger partial charge in [-0.2, -0.15) is 0 Å². The molecule has 0 spiro atoms. The van der Waals surface area contributed by atoms with Crippen LogP contribution in [-0.4, -0.2) is 76.6 Å². The maximum Gasteiger partial charge on any atom is 0.222 e. The lowest BCUT2D eigenvalue weighted by Gasteiger charge is -2.27. The van der Waals surface area contributed by atoms with Gasteiger partial charge in [0.05, 0.1) is 26.4 Å². The number of hydrogen-bond donors (Lipinski definition) is 1. The minimum Gasteiger partial charge on any atom is -0.379 e. The Bertz CT molecular complexity index is 336. The van der Waals surface area contributed by atoms with Crippen LogP contribution in [0.25, 0.3) is 0 Å². The second kappa shape index (κ2) is 18.7. The zero-order valence-electron chi connectivity index (χ0n) is 17.5. The molecule has 1 saturated heterocycles. The van der Waals surface area contributed by atoms with Gasteiger partial charge in [-0.3, -0.25) is 4.79 Å². The van der Waals surface area contributed by atoms with Crippen LogP contribution in [0.5, 0.6) is 0 Å². The Hall–Kier alpha value is -0.690. The third kappa shape index (κ3) is 15.0. The summed E-state index contributed by atoms with van der Waals surface area (Å²) in [5, 5.41) is 3.27. The Morgan fingerprint density at radius 1 is 0.741 bits per heavy atom. The van der Waals surface area contributed by atoms with Gasteiger partial charge >= 0.3 is 0 Å². The number of unbranched alkanes of at least 4 members (excludes halogenated alkanes) is 6. The van der Waals surface area contributed by atoms with E-state index in [0.717, 1.165) is 65.1 Å². The van der Waals surface area contributed by atoms with E-state index in [-0.39, 0.29) is 0 Å². The van der Waals surface area contributed by atoms with Crippen LogP contribution >= 0.6 is 0 Å². The van der Waals surface area contributed by atoms with Crippen molar-refractivity contribution in [3.05, 3.63) is 0 Å². The van der Waals surface area contributed by atoms with Crippen LogP contribution in [-0.2, 0) is 19.0 Å². The van der Waals surface area contributed by atoms with Crippen molar-refractivity contribution in [2.45, 2.75) is 64.7 Å². The van der Waals surface area contributed by atoms with Gasteiger partial charge in [0.15, 0.2) is 0 Å². The first-order valence-corrected chi connectivity index (χ1v) is 11.1. The highest BCUT2D eigenvalue weighted by molar-refractivity contribution is 5.76. The quantitative estimate of drug-likeness (QED) is 0.367. The first-order chi connectivity index (χ1) is 13.3. The molecule has 1 heterocycles. The topological polar surface area (TPSA) is 60.0 Å². The van der Waals surface area contributed by atoms with E-state index in [1.807, 2.05) is 4.90 Å². The van der Waals surface area contributed by atoms with Crippen LogP contribution in [0.2, 0.25) is 0 Å². The molecule has 1 fully saturated rings. The molecule has 6 heteroatoms. The van der Waals surface area contributed by atoms with E-state index >= 15 is 0 Å². The standard InChI is InChI=1S/C21H42N2O4/c1-2-3-4-5-8-15-25-17-19-27-20-18-26-16-9-6-7-10-21(24)23-13-11-22-12-14-23/h22H,2-20H2,1H3. The van der Waals surface area contributed by atoms with Gasteiger partial charge in [0.1, 0.15) is 0 Å². The molecule has 1 rings (SSSR count). The Morgan fingerprint density at radius 2 is 1.26 bits per heavy atom. The molecule has 160 valence electrons. The predicted molar refractivity (Wildman–Crippen MR) is 109 cm³/mol. The van der Waals surface area contributed by atoms with Crippen LogP contribution in [0.15, 0.2) is 0 Å². The fourth-order valence-corrected chi connectivity index (χ4v) is 3.08. The fourth-order valence-electron chi connectivity index (χ4n) is 3.08. The maximum absolute atomic E-state index is 12.0. The lowest BCUT2D eigenvalue weighted by atomic mass is 10.2. The van der Waals surface area contributed by atoms with Crippen molar-refractivity contribution in [3.63, 3.8) is 0 Å². The molecular formula is C21H42N2O4. The number of amides is 1. The van der Waals surface area contributed by atoms with E-state index < -0.39 is 0 Å². The summed E-state index contributed by atoms with van der Waals surface area (Å²) in [7, 11) is 0. The summed E-state index contributed by atoms with van der Waals surface area (Å²) < 4.78 is 16.6. The summed E-state index contributed by atoms with van der Waals surface area (Å²) in [6, 6.07) is 0. The molecule has 1 N–H and O–H groups in total. The molecule has 0 atom stereocenters. The average Bonchev–Trinajstić information content (AvgIpc) is 2.70. The van der Waals surface area contributed by atoms with Crippen LogP contribution < -0.4 is 5.32 Å². The summed E-state index contributed by atoms with van der Waals surface area (Å²) in [6.07, 6.45) is 10.0. The summed E-state index contributed by atoms with van der Waals surface area (Å²) >= 11 is 0. The van der Waals surface area contributed by atoms with Crippen molar-refractivity contribution >= 4 is 5.91 Å². The van der Waals surface area contributed by atoms with Crippen molar-refractivity contribution < 1.29 is 19.0 Å². The molecule has 0 aromatic carbocycles. The Morgan fingerprint density at radius 3 is 1.85 bits per heavy atom. The van der Waals surface area contributed by atoms with Crippen molar-refractivity contribution in [3.8, 4) is 0 Å². The van der Waals surface area contributed by atoms with Crippen LogP contribution in [0, 0.1) is 0 Å². The zero-order valence-corrected chi connectivity index (χ0v) is 17.5. The second-order valence-electron chi connectivity index (χ2n) is 7.19. The van der Waals surface area contributed by atoms with E-state index in [4.69, 9.17) is 14.2 Å². The maximum atomic E-state index is 12.0. The Kier molecular flexibility index (Phi) is 16.8. The summed E-state index contributed by atoms with van der Waals surface area (Å²) in [6.45, 7) is 9.96. The van der Waals surface area contributed by atoms with Gasteiger partial charge in [0, 0.05) is 45.8 Å². The van der Waals surface area contributed by atoms with Crippen molar-refractivity contribution in [1.82, 2.24) is 10.2 Å². The normalized spacial score (nSPS) is 14.6. The number of carbonyl (C=O) groups is 1. The SMILES string of the molecule is CCCCCCCOCCOCCOCCCCCC(=O)N1CCNCC1. The van der Waals surface area contributed by atoms with E-state index in [1.54, 1.807) is 0 Å². The fraction of sp³-hybridized carbons (Fsp3) is 0.952. The molecule has 1 amide bonds. The van der Waals surface area contributed by atoms with Crippen LogP contribution in [0.4, 0.5) is 0 Å². The van der Waals surface area contributed by atoms with Crippen LogP contribution in [0.1, 0.15) is 64.7 Å². The summed E-state index contributed by atoms with van der Waals surface area (Å²) in [5.74, 6) is 0.300. The third-order valence-corrected chi connectivity index (χ3v) is 4.79. The number of nitrogens with one attached hydrogen (secondary N) is 1. The van der Waals surface area contributed by atoms with Crippen molar-refractivity contribution in [2.24, 2.45) is 0 Å². The highest BCUT2D eigenvalue weighted by Gasteiger charge is 2.14. The van der Waals surface area contributed by atoms with Crippen molar-refractivity contribution in [1.29, 1.82) is 0 Å². The first-order valence-electron chi connectivity index (χ1n) is 11.1. The van der Waals surface area contributed by atoms with Gasteiger partial charge in [-0.1, -0.05) is 39.0 Å². The summed E-state index contributed by atoms with van der Waals surface area (Å²) in [4.78, 5) is 14.0. The van der Waals surface area contributed by atoms with E-state index in [1.165, 1.54) is 25.7 Å². The number of nitrogens with zero attached hydrogens (tertiary/aromatic N) is 1. The Balaban J connectivity index is 1.71. The monoisotopic (exact) mass is 386 g/mol. The number of rotatable bonds is 18. The average molecular weight is 387 g/mol. The number of carbonyl (C=O) groups excluding carboxylic acids is 1. The molecule has 0 aromatic rings. The van der Waals surface area contributed by atoms with Gasteiger partial charge in [-0.25, -0.2) is 0 Å². The molecular weight excluding hydrogens is 344 g/mol. The first kappa shape index (κ1) is 24.3. The molecule has 0 radical (unpaired) electrons. The molecule has 6 nitrogen and oxygen atoms in total. The van der Waals surface area contributed by atoms with Crippen LogP contribution in [0.3, 0.4) is 0 Å². The van der Waals surface area contributed by atoms with Gasteiger partial charge in [-0.05, 0) is 19.3 Å². The van der Waals surface area contributed by atoms with Gasteiger partial charge < -0.3 is 24.4 Å². The van der Waals surface area contributed by atoms with E-state index in [9.17, 15) is 4.79 Å². The molecule has 1 aliphatic heterocycles. The lowest BCUT2D eigenvalue weighted by Crippen LogP contribution is -2.46. The molecule has 0 aliphatic carbocycles. The molecule has 27 heavy (non-hydrogen) atoms. The zero-order chi connectivity index (χ0) is 19.4. The molecule has 1 aliphatic rings. The van der Waals surface area contributed by atoms with Gasteiger partial charge in [-0.15, -0.1) is 0 Å². The molecule has 0 aromatic heterocycles. The highest BCUT2D eigenvalue weighted by atomic mass is 16.5. The van der Waals surface area contributed by atoms with Gasteiger partial charge in [0.2, 0.25) is 5.91 Å². The highest BCUT2D eigenvalue weighted by Crippen LogP contribution is 2.05. The largest absolute Gasteiger partial charge is 0.379 e.